The van der Waals surface area contributed by atoms with E-state index in [1.54, 1.807) is 41.4 Å². The number of para-hydroxylation sites is 2. The van der Waals surface area contributed by atoms with E-state index in [-0.39, 0.29) is 18.3 Å². The van der Waals surface area contributed by atoms with Crippen molar-refractivity contribution >= 4 is 23.0 Å². The molecule has 0 aliphatic heterocycles. The van der Waals surface area contributed by atoms with Gasteiger partial charge in [0.2, 0.25) is 5.91 Å². The summed E-state index contributed by atoms with van der Waals surface area (Å²) in [4.78, 5) is 24.7. The highest BCUT2D eigenvalue weighted by molar-refractivity contribution is 5.91. The van der Waals surface area contributed by atoms with E-state index < -0.39 is 0 Å². The summed E-state index contributed by atoms with van der Waals surface area (Å²) in [6.45, 7) is 0.216. The summed E-state index contributed by atoms with van der Waals surface area (Å²) in [6.07, 6.45) is 9.36. The Morgan fingerprint density at radius 3 is 2.82 bits per heavy atom. The van der Waals surface area contributed by atoms with Crippen LogP contribution in [0.3, 0.4) is 0 Å². The second kappa shape index (κ2) is 7.79. The van der Waals surface area contributed by atoms with Crippen molar-refractivity contribution in [1.29, 1.82) is 0 Å². The Hall–Kier alpha value is -3.87. The lowest BCUT2D eigenvalue weighted by molar-refractivity contribution is -0.116. The molecule has 0 bridgehead atoms. The molecule has 4 rings (SSSR count). The number of halogens is 1. The fraction of sp³-hybridized carbons (Fsp3) is 0.0476. The molecule has 0 saturated carbocycles. The summed E-state index contributed by atoms with van der Waals surface area (Å²) in [5, 5.41) is 2.73. The molecule has 0 aliphatic rings. The fourth-order valence-electron chi connectivity index (χ4n) is 2.73. The molecule has 1 amide bonds. The van der Waals surface area contributed by atoms with Gasteiger partial charge in [-0.25, -0.2) is 14.4 Å². The van der Waals surface area contributed by atoms with Gasteiger partial charge in [-0.15, -0.1) is 0 Å². The minimum atomic E-state index is -0.383. The van der Waals surface area contributed by atoms with Crippen LogP contribution in [0.5, 0.6) is 0 Å². The van der Waals surface area contributed by atoms with E-state index in [2.05, 4.69) is 20.3 Å². The molecule has 1 N–H and O–H groups in total. The van der Waals surface area contributed by atoms with Crippen LogP contribution in [0.2, 0.25) is 0 Å². The monoisotopic (exact) mass is 373 g/mol. The third-order valence-corrected chi connectivity index (χ3v) is 4.13. The maximum Gasteiger partial charge on any atom is 0.244 e. The number of rotatable bonds is 5. The van der Waals surface area contributed by atoms with Crippen molar-refractivity contribution in [1.82, 2.24) is 24.8 Å². The van der Waals surface area contributed by atoms with Crippen molar-refractivity contribution in [2.45, 2.75) is 6.54 Å². The Labute approximate surface area is 160 Å². The zero-order chi connectivity index (χ0) is 19.3. The topological polar surface area (TPSA) is 72.7 Å². The Balaban J connectivity index is 1.38. The van der Waals surface area contributed by atoms with Crippen LogP contribution < -0.4 is 5.32 Å². The molecule has 0 saturated heterocycles. The zero-order valence-corrected chi connectivity index (χ0v) is 14.8. The molecule has 0 spiro atoms. The van der Waals surface area contributed by atoms with Crippen molar-refractivity contribution in [2.24, 2.45) is 0 Å². The van der Waals surface area contributed by atoms with Crippen molar-refractivity contribution in [3.63, 3.8) is 0 Å². The van der Waals surface area contributed by atoms with Gasteiger partial charge in [0, 0.05) is 25.0 Å². The lowest BCUT2D eigenvalue weighted by atomic mass is 10.2. The standard InChI is InChI=1S/C21H16FN5O/c22-17-11-15(5-7-20(17)27-10-9-23-14-27)12-25-21(28)8-6-16-13-24-18-3-1-2-4-19(18)26-16/h1-11,13-14H,12H2,(H,25,28)/b8-6+. The highest BCUT2D eigenvalue weighted by Gasteiger charge is 2.06. The summed E-state index contributed by atoms with van der Waals surface area (Å²) in [5.41, 5.74) is 3.21. The molecule has 0 atom stereocenters. The first-order chi connectivity index (χ1) is 13.7. The SMILES string of the molecule is O=C(/C=C/c1cnc2ccccc2n1)NCc1ccc(-n2ccnc2)c(F)c1. The lowest BCUT2D eigenvalue weighted by Crippen LogP contribution is -2.20. The minimum Gasteiger partial charge on any atom is -0.348 e. The summed E-state index contributed by atoms with van der Waals surface area (Å²) in [5.74, 6) is -0.680. The molecular formula is C21H16FN5O. The summed E-state index contributed by atoms with van der Waals surface area (Å²) >= 11 is 0. The van der Waals surface area contributed by atoms with Gasteiger partial charge in [-0.1, -0.05) is 18.2 Å². The van der Waals surface area contributed by atoms with Gasteiger partial charge >= 0.3 is 0 Å². The van der Waals surface area contributed by atoms with Crippen molar-refractivity contribution in [3.05, 3.63) is 90.5 Å². The Kier molecular flexibility index (Phi) is 4.88. The van der Waals surface area contributed by atoms with Gasteiger partial charge < -0.3 is 9.88 Å². The number of fused-ring (bicyclic) bond motifs is 1. The first kappa shape index (κ1) is 17.5. The smallest absolute Gasteiger partial charge is 0.244 e. The highest BCUT2D eigenvalue weighted by atomic mass is 19.1. The Morgan fingerprint density at radius 1 is 1.18 bits per heavy atom. The van der Waals surface area contributed by atoms with Gasteiger partial charge in [0.1, 0.15) is 5.82 Å². The average molecular weight is 373 g/mol. The van der Waals surface area contributed by atoms with E-state index in [9.17, 15) is 9.18 Å². The van der Waals surface area contributed by atoms with Crippen LogP contribution in [-0.2, 0) is 11.3 Å². The van der Waals surface area contributed by atoms with Crippen LogP contribution in [0.25, 0.3) is 22.8 Å². The molecule has 28 heavy (non-hydrogen) atoms. The zero-order valence-electron chi connectivity index (χ0n) is 14.8. The van der Waals surface area contributed by atoms with Gasteiger partial charge in [0.15, 0.2) is 0 Å². The molecule has 0 aliphatic carbocycles. The second-order valence-electron chi connectivity index (χ2n) is 6.09. The maximum absolute atomic E-state index is 14.2. The number of nitrogens with zero attached hydrogens (tertiary/aromatic N) is 4. The predicted molar refractivity (Wildman–Crippen MR) is 104 cm³/mol. The van der Waals surface area contributed by atoms with Gasteiger partial charge in [-0.3, -0.25) is 9.78 Å². The number of imidazole rings is 1. The molecule has 2 aromatic carbocycles. The Bertz CT molecular complexity index is 1150. The first-order valence-corrected chi connectivity index (χ1v) is 8.63. The van der Waals surface area contributed by atoms with Crippen molar-refractivity contribution in [3.8, 4) is 5.69 Å². The summed E-state index contributed by atoms with van der Waals surface area (Å²) in [7, 11) is 0. The van der Waals surface area contributed by atoms with E-state index >= 15 is 0 Å². The van der Waals surface area contributed by atoms with Crippen molar-refractivity contribution in [2.75, 3.05) is 0 Å². The van der Waals surface area contributed by atoms with E-state index in [0.717, 1.165) is 11.0 Å². The van der Waals surface area contributed by atoms with E-state index in [1.807, 2.05) is 24.3 Å². The summed E-state index contributed by atoms with van der Waals surface area (Å²) in [6, 6.07) is 12.3. The molecule has 2 heterocycles. The molecule has 2 aromatic heterocycles. The third kappa shape index (κ3) is 3.93. The minimum absolute atomic E-state index is 0.216. The largest absolute Gasteiger partial charge is 0.348 e. The molecule has 0 fully saturated rings. The first-order valence-electron chi connectivity index (χ1n) is 8.63. The molecule has 7 heteroatoms. The number of benzene rings is 2. The third-order valence-electron chi connectivity index (χ3n) is 4.13. The van der Waals surface area contributed by atoms with Gasteiger partial charge in [-0.2, -0.15) is 0 Å². The maximum atomic E-state index is 14.2. The van der Waals surface area contributed by atoms with E-state index in [4.69, 9.17) is 0 Å². The normalized spacial score (nSPS) is 11.2. The fourth-order valence-corrected chi connectivity index (χ4v) is 2.73. The number of hydrogen-bond acceptors (Lipinski definition) is 4. The Morgan fingerprint density at radius 2 is 2.04 bits per heavy atom. The molecule has 6 nitrogen and oxygen atoms in total. The number of carbonyl (C=O) groups is 1. The number of nitrogens with one attached hydrogen (secondary N) is 1. The van der Waals surface area contributed by atoms with Gasteiger partial charge in [-0.05, 0) is 35.9 Å². The molecule has 0 unspecified atom stereocenters. The number of amides is 1. The number of carbonyl (C=O) groups excluding carboxylic acids is 1. The molecule has 0 radical (unpaired) electrons. The highest BCUT2D eigenvalue weighted by Crippen LogP contribution is 2.15. The number of hydrogen-bond donors (Lipinski definition) is 1. The molecule has 4 aromatic rings. The predicted octanol–water partition coefficient (Wildman–Crippen LogP) is 3.28. The van der Waals surface area contributed by atoms with Crippen molar-refractivity contribution < 1.29 is 9.18 Å². The summed E-state index contributed by atoms with van der Waals surface area (Å²) < 4.78 is 15.8. The number of aromatic nitrogens is 4. The average Bonchev–Trinajstić information content (AvgIpc) is 3.25. The van der Waals surface area contributed by atoms with Gasteiger partial charge in [0.25, 0.3) is 0 Å². The van der Waals surface area contributed by atoms with Crippen LogP contribution in [0.4, 0.5) is 4.39 Å². The van der Waals surface area contributed by atoms with Crippen LogP contribution in [0.1, 0.15) is 11.3 Å². The molecule has 138 valence electrons. The van der Waals surface area contributed by atoms with Crippen LogP contribution in [-0.4, -0.2) is 25.4 Å². The van der Waals surface area contributed by atoms with E-state index in [1.165, 1.54) is 18.5 Å². The second-order valence-corrected chi connectivity index (χ2v) is 6.09. The quantitative estimate of drug-likeness (QED) is 0.545. The van der Waals surface area contributed by atoms with Crippen LogP contribution in [0.15, 0.2) is 73.5 Å². The van der Waals surface area contributed by atoms with Gasteiger partial charge in [0.05, 0.1) is 34.9 Å². The van der Waals surface area contributed by atoms with Crippen LogP contribution >= 0.6 is 0 Å². The van der Waals surface area contributed by atoms with Crippen LogP contribution in [0, 0.1) is 5.82 Å². The molecular weight excluding hydrogens is 357 g/mol. The van der Waals surface area contributed by atoms with E-state index in [0.29, 0.717) is 16.9 Å². The lowest BCUT2D eigenvalue weighted by Gasteiger charge is -2.07.